The third-order valence-corrected chi connectivity index (χ3v) is 2.31. The molecule has 1 unspecified atom stereocenters. The monoisotopic (exact) mass is 459 g/mol. The van der Waals surface area contributed by atoms with E-state index in [1.807, 2.05) is 0 Å². The fourth-order valence-electron chi connectivity index (χ4n) is 1.06. The minimum absolute atomic E-state index is 0. The zero-order valence-electron chi connectivity index (χ0n) is 7.90. The number of rotatable bonds is 3. The van der Waals surface area contributed by atoms with Crippen LogP contribution >= 0.6 is 7.60 Å². The Labute approximate surface area is 111 Å². The van der Waals surface area contributed by atoms with Crippen LogP contribution in [-0.2, 0) is 14.0 Å². The summed E-state index contributed by atoms with van der Waals surface area (Å²) in [5.74, 6) is 0.479. The molecule has 1 heterocycles. The van der Waals surface area contributed by atoms with Crippen LogP contribution in [0.4, 0.5) is 0 Å². The standard InChI is InChI=1S/C7H12O6P.U/c1-12-6-4-13-5(7(6)8)2-3-14(9,10)11;/h2-8H,1H3,(H2,9,10,11);/q-1;/p-2/b3-2-;/t5-,6?,7+;/m1./s1. The summed E-state index contributed by atoms with van der Waals surface area (Å²) in [6, 6.07) is 0. The fourth-order valence-corrected chi connectivity index (χ4v) is 1.44. The Morgan fingerprint density at radius 1 is 1.60 bits per heavy atom. The summed E-state index contributed by atoms with van der Waals surface area (Å²) in [5.41, 5.74) is 0. The normalized spacial score (nSPS) is 31.9. The van der Waals surface area contributed by atoms with Gasteiger partial charge < -0.3 is 28.9 Å². The van der Waals surface area contributed by atoms with Gasteiger partial charge in [-0.05, 0) is 13.7 Å². The predicted octanol–water partition coefficient (Wildman–Crippen LogP) is -1.65. The van der Waals surface area contributed by atoms with Crippen LogP contribution in [0, 0.1) is 37.7 Å². The summed E-state index contributed by atoms with van der Waals surface area (Å²) in [6.45, 7) is 1.25. The van der Waals surface area contributed by atoms with Crippen LogP contribution in [0.5, 0.6) is 0 Å². The van der Waals surface area contributed by atoms with Crippen LogP contribution in [0.15, 0.2) is 11.9 Å². The van der Waals surface area contributed by atoms with Crippen molar-refractivity contribution in [2.24, 2.45) is 0 Å². The summed E-state index contributed by atoms with van der Waals surface area (Å²) in [5, 5.41) is 9.42. The van der Waals surface area contributed by atoms with E-state index in [1.165, 1.54) is 13.7 Å². The Kier molecular flexibility index (Phi) is 6.89. The number of aliphatic hydroxyl groups excluding tert-OH is 1. The van der Waals surface area contributed by atoms with E-state index in [1.54, 1.807) is 0 Å². The van der Waals surface area contributed by atoms with Crippen molar-refractivity contribution in [2.75, 3.05) is 7.11 Å². The average molecular weight is 459 g/mol. The molecule has 1 rings (SSSR count). The van der Waals surface area contributed by atoms with Crippen molar-refractivity contribution in [3.63, 3.8) is 0 Å². The Morgan fingerprint density at radius 3 is 2.60 bits per heavy atom. The number of hydrogen-bond donors (Lipinski definition) is 1. The first-order chi connectivity index (χ1) is 6.44. The second-order valence-electron chi connectivity index (χ2n) is 2.81. The molecule has 3 atom stereocenters. The van der Waals surface area contributed by atoms with Gasteiger partial charge in [-0.1, -0.05) is 11.9 Å². The molecule has 15 heavy (non-hydrogen) atoms. The van der Waals surface area contributed by atoms with Crippen LogP contribution in [0.1, 0.15) is 0 Å². The molecule has 1 N–H and O–H groups in total. The molecule has 0 aromatic heterocycles. The maximum atomic E-state index is 10.3. The van der Waals surface area contributed by atoms with E-state index in [-0.39, 0.29) is 31.1 Å². The predicted molar refractivity (Wildman–Crippen MR) is 42.7 cm³/mol. The number of ether oxygens (including phenoxy) is 2. The molecule has 8 heteroatoms. The van der Waals surface area contributed by atoms with E-state index in [2.05, 4.69) is 0 Å². The minimum atomic E-state index is -4.70. The number of hydrogen-bond acceptors (Lipinski definition) is 6. The van der Waals surface area contributed by atoms with Crippen molar-refractivity contribution in [3.8, 4) is 0 Å². The van der Waals surface area contributed by atoms with Gasteiger partial charge in [0.1, 0.15) is 0 Å². The summed E-state index contributed by atoms with van der Waals surface area (Å²) in [7, 11) is -3.32. The fraction of sp³-hybridized carbons (Fsp3) is 0.571. The second kappa shape index (κ2) is 6.53. The van der Waals surface area contributed by atoms with Gasteiger partial charge in [-0.25, -0.2) is 0 Å². The van der Waals surface area contributed by atoms with Gasteiger partial charge in [0.25, 0.3) is 0 Å². The third-order valence-electron chi connectivity index (χ3n) is 1.77. The van der Waals surface area contributed by atoms with Gasteiger partial charge in [0.2, 0.25) is 0 Å². The Balaban J connectivity index is 0.00000196. The molecule has 1 fully saturated rings. The van der Waals surface area contributed by atoms with Crippen LogP contribution in [0.3, 0.4) is 0 Å². The zero-order valence-corrected chi connectivity index (χ0v) is 13.0. The second-order valence-corrected chi connectivity index (χ2v) is 4.19. The van der Waals surface area contributed by atoms with E-state index in [0.717, 1.165) is 6.08 Å². The molecular formula is C7H10O6PU-3. The summed E-state index contributed by atoms with van der Waals surface area (Å²) < 4.78 is 19.9. The van der Waals surface area contributed by atoms with Crippen molar-refractivity contribution in [1.82, 2.24) is 0 Å². The maximum absolute atomic E-state index is 10.3. The van der Waals surface area contributed by atoms with Crippen molar-refractivity contribution in [3.05, 3.63) is 18.5 Å². The topological polar surface area (TPSA) is 102 Å². The quantitative estimate of drug-likeness (QED) is 0.401. The Hall–Kier alpha value is 0.822. The number of methoxy groups -OCH3 is 1. The smallest absolute Gasteiger partial charge is 0.0811 e. The van der Waals surface area contributed by atoms with E-state index in [4.69, 9.17) is 9.47 Å². The SMILES string of the molecule is COC1[CH-]O[C@H](/C=C\P(=O)([O-])[O-])[C@@H]1O.[U]. The van der Waals surface area contributed by atoms with Gasteiger partial charge in [-0.3, -0.25) is 0 Å². The molecule has 0 aliphatic carbocycles. The molecule has 0 saturated carbocycles. The molecular weight excluding hydrogens is 449 g/mol. The average Bonchev–Trinajstić information content (AvgIpc) is 2.42. The molecule has 1 aliphatic rings. The Bertz CT molecular complexity index is 264. The van der Waals surface area contributed by atoms with Gasteiger partial charge in [0, 0.05) is 38.2 Å². The van der Waals surface area contributed by atoms with Gasteiger partial charge in [0.15, 0.2) is 0 Å². The van der Waals surface area contributed by atoms with Gasteiger partial charge in [0.05, 0.1) is 12.2 Å². The minimum Gasteiger partial charge on any atom is -0.808 e. The molecule has 0 amide bonds. The largest absolute Gasteiger partial charge is 0.808 e. The van der Waals surface area contributed by atoms with Crippen LogP contribution < -0.4 is 9.79 Å². The molecule has 0 aromatic rings. The summed E-state index contributed by atoms with van der Waals surface area (Å²) in [6.07, 6.45) is -1.46. The van der Waals surface area contributed by atoms with Crippen LogP contribution in [0.25, 0.3) is 0 Å². The van der Waals surface area contributed by atoms with E-state index in [9.17, 15) is 19.5 Å². The summed E-state index contributed by atoms with van der Waals surface area (Å²) >= 11 is 0. The van der Waals surface area contributed by atoms with Crippen molar-refractivity contribution >= 4 is 7.60 Å². The van der Waals surface area contributed by atoms with Crippen LogP contribution in [0.2, 0.25) is 0 Å². The molecule has 6 nitrogen and oxygen atoms in total. The third kappa shape index (κ3) is 5.12. The van der Waals surface area contributed by atoms with Crippen molar-refractivity contribution in [2.45, 2.75) is 18.3 Å². The Morgan fingerprint density at radius 2 is 2.20 bits per heavy atom. The molecule has 0 radical (unpaired) electrons. The maximum Gasteiger partial charge on any atom is 0.0811 e. The van der Waals surface area contributed by atoms with Crippen molar-refractivity contribution < 1.29 is 60.0 Å². The van der Waals surface area contributed by atoms with Gasteiger partial charge >= 0.3 is 0 Å². The van der Waals surface area contributed by atoms with Gasteiger partial charge in [-0.15, -0.1) is 0 Å². The molecule has 1 aliphatic heterocycles. The summed E-state index contributed by atoms with van der Waals surface area (Å²) in [4.78, 5) is 20.5. The van der Waals surface area contributed by atoms with E-state index in [0.29, 0.717) is 5.82 Å². The first-order valence-electron chi connectivity index (χ1n) is 3.85. The molecule has 86 valence electrons. The zero-order chi connectivity index (χ0) is 10.8. The van der Waals surface area contributed by atoms with E-state index < -0.39 is 25.9 Å². The molecule has 0 spiro atoms. The van der Waals surface area contributed by atoms with Crippen LogP contribution in [-0.4, -0.2) is 30.5 Å². The molecule has 1 saturated heterocycles. The molecule has 0 aromatic carbocycles. The molecule has 0 bridgehead atoms. The van der Waals surface area contributed by atoms with Gasteiger partial charge in [-0.2, -0.15) is 6.61 Å². The van der Waals surface area contributed by atoms with E-state index >= 15 is 0 Å². The first-order valence-corrected chi connectivity index (χ1v) is 5.46. The van der Waals surface area contributed by atoms with Crippen molar-refractivity contribution in [1.29, 1.82) is 0 Å². The first kappa shape index (κ1) is 15.8. The number of aliphatic hydroxyl groups is 1.